The van der Waals surface area contributed by atoms with Crippen LogP contribution in [-0.4, -0.2) is 15.6 Å². The zero-order valence-electron chi connectivity index (χ0n) is 17.8. The summed E-state index contributed by atoms with van der Waals surface area (Å²) in [7, 11) is -1.28. The predicted molar refractivity (Wildman–Crippen MR) is 129 cm³/mol. The van der Waals surface area contributed by atoms with Gasteiger partial charge in [0, 0.05) is 12.0 Å². The van der Waals surface area contributed by atoms with Gasteiger partial charge in [0.2, 0.25) is 0 Å². The van der Waals surface area contributed by atoms with Crippen molar-refractivity contribution < 1.29 is 4.43 Å². The Morgan fingerprint density at radius 2 is 1.40 bits per heavy atom. The fourth-order valence-corrected chi connectivity index (χ4v) is 6.46. The summed E-state index contributed by atoms with van der Waals surface area (Å²) in [6.45, 7) is 5.28. The van der Waals surface area contributed by atoms with Crippen LogP contribution in [0.2, 0.25) is 0 Å². The molecule has 0 saturated heterocycles. The van der Waals surface area contributed by atoms with Crippen molar-refractivity contribution in [2.75, 3.05) is 6.61 Å². The Labute approximate surface area is 182 Å². The third-order valence-electron chi connectivity index (χ3n) is 6.20. The molecular formula is C28H29OSi. The van der Waals surface area contributed by atoms with Gasteiger partial charge in [0.25, 0.3) is 9.04 Å². The summed E-state index contributed by atoms with van der Waals surface area (Å²) in [6, 6.07) is 30.2. The number of allylic oxidation sites excluding steroid dienone is 4. The molecule has 0 amide bonds. The molecule has 1 nitrogen and oxygen atoms in total. The van der Waals surface area contributed by atoms with Crippen molar-refractivity contribution >= 4 is 19.4 Å². The van der Waals surface area contributed by atoms with Crippen molar-refractivity contribution in [3.8, 4) is 0 Å². The van der Waals surface area contributed by atoms with Gasteiger partial charge in [-0.3, -0.25) is 0 Å². The highest BCUT2D eigenvalue weighted by atomic mass is 28.3. The highest BCUT2D eigenvalue weighted by Gasteiger charge is 2.36. The monoisotopic (exact) mass is 409 g/mol. The van der Waals surface area contributed by atoms with E-state index in [9.17, 15) is 0 Å². The smallest absolute Gasteiger partial charge is 0.282 e. The maximum atomic E-state index is 6.70. The highest BCUT2D eigenvalue weighted by molar-refractivity contribution is 6.80. The quantitative estimate of drug-likeness (QED) is 0.487. The Kier molecular flexibility index (Phi) is 6.46. The van der Waals surface area contributed by atoms with Gasteiger partial charge in [0.1, 0.15) is 0 Å². The summed E-state index contributed by atoms with van der Waals surface area (Å²) in [5.41, 5.74) is 2.73. The first-order valence-electron chi connectivity index (χ1n) is 10.7. The molecular weight excluding hydrogens is 380 g/mol. The maximum absolute atomic E-state index is 6.70. The summed E-state index contributed by atoms with van der Waals surface area (Å²) in [5, 5.41) is 2.59. The molecule has 30 heavy (non-hydrogen) atoms. The molecule has 0 heterocycles. The fourth-order valence-electron chi connectivity index (χ4n) is 4.49. The minimum Gasteiger partial charge on any atom is -0.407 e. The molecule has 3 aromatic carbocycles. The molecule has 0 aliphatic heterocycles. The summed E-state index contributed by atoms with van der Waals surface area (Å²) in [4.78, 5) is 0. The summed E-state index contributed by atoms with van der Waals surface area (Å²) >= 11 is 0. The van der Waals surface area contributed by atoms with Crippen molar-refractivity contribution in [3.05, 3.63) is 120 Å². The lowest BCUT2D eigenvalue weighted by Gasteiger charge is -2.39. The predicted octanol–water partition coefficient (Wildman–Crippen LogP) is 5.21. The summed E-state index contributed by atoms with van der Waals surface area (Å²) in [5.74, 6) is 0.427. The van der Waals surface area contributed by atoms with Crippen LogP contribution in [0.25, 0.3) is 0 Å². The molecule has 151 valence electrons. The standard InChI is InChI=1S/C28H29OSi/c1-23-13-9-10-19-27(23)28(20-12-11-14-24(28)2)21-22-29-30(25-15-5-3-6-16-25)26-17-7-4-8-18-26/h3-20,24H,21-22H2,1-2H3. The summed E-state index contributed by atoms with van der Waals surface area (Å²) in [6.07, 6.45) is 10.1. The van der Waals surface area contributed by atoms with E-state index in [2.05, 4.69) is 123 Å². The van der Waals surface area contributed by atoms with E-state index < -0.39 is 9.04 Å². The topological polar surface area (TPSA) is 9.23 Å². The van der Waals surface area contributed by atoms with Gasteiger partial charge in [-0.05, 0) is 40.8 Å². The van der Waals surface area contributed by atoms with Gasteiger partial charge in [-0.2, -0.15) is 0 Å². The van der Waals surface area contributed by atoms with Gasteiger partial charge >= 0.3 is 0 Å². The number of benzene rings is 3. The minimum absolute atomic E-state index is 0.0273. The zero-order valence-corrected chi connectivity index (χ0v) is 18.8. The molecule has 1 aliphatic rings. The van der Waals surface area contributed by atoms with Crippen molar-refractivity contribution in [3.63, 3.8) is 0 Å². The van der Waals surface area contributed by atoms with E-state index in [-0.39, 0.29) is 5.41 Å². The van der Waals surface area contributed by atoms with E-state index in [0.717, 1.165) is 13.0 Å². The Balaban J connectivity index is 1.60. The van der Waals surface area contributed by atoms with E-state index in [1.165, 1.54) is 21.5 Å². The molecule has 0 spiro atoms. The first-order chi connectivity index (χ1) is 14.7. The highest BCUT2D eigenvalue weighted by Crippen LogP contribution is 2.41. The second-order valence-electron chi connectivity index (χ2n) is 8.05. The van der Waals surface area contributed by atoms with Crippen LogP contribution in [0.1, 0.15) is 24.5 Å². The van der Waals surface area contributed by atoms with Gasteiger partial charge in [-0.15, -0.1) is 0 Å². The second kappa shape index (κ2) is 9.42. The average Bonchev–Trinajstić information content (AvgIpc) is 2.80. The van der Waals surface area contributed by atoms with Crippen molar-refractivity contribution in [2.45, 2.75) is 25.7 Å². The first-order valence-corrected chi connectivity index (χ1v) is 12.1. The molecule has 0 aromatic heterocycles. The molecule has 0 bridgehead atoms. The first kappa shape index (κ1) is 20.6. The van der Waals surface area contributed by atoms with Crippen LogP contribution in [-0.2, 0) is 9.84 Å². The molecule has 2 heteroatoms. The van der Waals surface area contributed by atoms with Gasteiger partial charge in [-0.25, -0.2) is 0 Å². The van der Waals surface area contributed by atoms with E-state index in [1.807, 2.05) is 0 Å². The average molecular weight is 410 g/mol. The zero-order chi connectivity index (χ0) is 20.8. The Morgan fingerprint density at radius 3 is 2.00 bits per heavy atom. The van der Waals surface area contributed by atoms with Crippen LogP contribution in [0.15, 0.2) is 109 Å². The van der Waals surface area contributed by atoms with Crippen LogP contribution in [0.4, 0.5) is 0 Å². The van der Waals surface area contributed by atoms with Gasteiger partial charge in [0.05, 0.1) is 0 Å². The van der Waals surface area contributed by atoms with Crippen molar-refractivity contribution in [2.24, 2.45) is 5.92 Å². The number of hydrogen-bond acceptors (Lipinski definition) is 1. The molecule has 0 N–H and O–H groups in total. The lowest BCUT2D eigenvalue weighted by Crippen LogP contribution is -2.46. The minimum atomic E-state index is -1.28. The van der Waals surface area contributed by atoms with E-state index in [1.54, 1.807) is 0 Å². The Hall–Kier alpha value is -2.68. The van der Waals surface area contributed by atoms with Gasteiger partial charge in [0.15, 0.2) is 0 Å². The van der Waals surface area contributed by atoms with Crippen molar-refractivity contribution in [1.29, 1.82) is 0 Å². The Bertz CT molecular complexity index is 970. The molecule has 0 fully saturated rings. The molecule has 4 rings (SSSR count). The van der Waals surface area contributed by atoms with E-state index in [4.69, 9.17) is 4.43 Å². The van der Waals surface area contributed by atoms with Crippen LogP contribution in [0, 0.1) is 12.8 Å². The molecule has 2 atom stereocenters. The molecule has 1 aliphatic carbocycles. The van der Waals surface area contributed by atoms with Crippen LogP contribution in [0.3, 0.4) is 0 Å². The normalized spacial score (nSPS) is 20.6. The third-order valence-corrected chi connectivity index (χ3v) is 8.41. The van der Waals surface area contributed by atoms with Gasteiger partial charge in [-0.1, -0.05) is 116 Å². The molecule has 1 radical (unpaired) electrons. The SMILES string of the molecule is Cc1ccccc1C1(CCO[Si](c2ccccc2)c2ccccc2)C=CC=CC1C. The lowest BCUT2D eigenvalue weighted by molar-refractivity contribution is 0.262. The van der Waals surface area contributed by atoms with Crippen LogP contribution < -0.4 is 10.4 Å². The van der Waals surface area contributed by atoms with E-state index in [0.29, 0.717) is 5.92 Å². The Morgan fingerprint density at radius 1 is 0.800 bits per heavy atom. The van der Waals surface area contributed by atoms with Gasteiger partial charge < -0.3 is 4.43 Å². The van der Waals surface area contributed by atoms with Crippen molar-refractivity contribution in [1.82, 2.24) is 0 Å². The van der Waals surface area contributed by atoms with Crippen LogP contribution in [0.5, 0.6) is 0 Å². The van der Waals surface area contributed by atoms with Crippen LogP contribution >= 0.6 is 0 Å². The number of hydrogen-bond donors (Lipinski definition) is 0. The van der Waals surface area contributed by atoms with E-state index >= 15 is 0 Å². The maximum Gasteiger partial charge on any atom is 0.282 e. The summed E-state index contributed by atoms with van der Waals surface area (Å²) < 4.78 is 6.70. The largest absolute Gasteiger partial charge is 0.407 e. The number of aryl methyl sites for hydroxylation is 1. The number of rotatable bonds is 7. The molecule has 2 unspecified atom stereocenters. The lowest BCUT2D eigenvalue weighted by atomic mass is 9.66. The fraction of sp³-hybridized carbons (Fsp3) is 0.214. The molecule has 0 saturated carbocycles. The molecule has 3 aromatic rings. The second-order valence-corrected chi connectivity index (χ2v) is 10.1. The third kappa shape index (κ3) is 4.25.